The molecule has 1 saturated heterocycles. The van der Waals surface area contributed by atoms with Crippen LogP contribution in [0, 0.1) is 5.92 Å². The van der Waals surface area contributed by atoms with Crippen LogP contribution >= 0.6 is 15.9 Å². The lowest BCUT2D eigenvalue weighted by molar-refractivity contribution is -0.131. The van der Waals surface area contributed by atoms with Crippen LogP contribution in [0.2, 0.25) is 0 Å². The molecule has 0 aliphatic carbocycles. The summed E-state index contributed by atoms with van der Waals surface area (Å²) in [6, 6.07) is 6.81. The van der Waals surface area contributed by atoms with Crippen LogP contribution in [-0.4, -0.2) is 40.5 Å². The van der Waals surface area contributed by atoms with Crippen molar-refractivity contribution in [3.63, 3.8) is 0 Å². The zero-order valence-corrected chi connectivity index (χ0v) is 15.4. The molecular formula is C18H18BrN3O4. The summed E-state index contributed by atoms with van der Waals surface area (Å²) in [6.07, 6.45) is 3.42. The molecule has 136 valence electrons. The number of fused-ring (bicyclic) bond motifs is 1. The Balaban J connectivity index is 1.76. The van der Waals surface area contributed by atoms with Gasteiger partial charge in [0.05, 0.1) is 0 Å². The van der Waals surface area contributed by atoms with Crippen LogP contribution in [0.3, 0.4) is 0 Å². The molecule has 0 saturated carbocycles. The summed E-state index contributed by atoms with van der Waals surface area (Å²) >= 11 is 3.39. The first-order valence-corrected chi connectivity index (χ1v) is 8.99. The summed E-state index contributed by atoms with van der Waals surface area (Å²) in [5.41, 5.74) is 1.20. The number of carboxylic acids is 1. The van der Waals surface area contributed by atoms with Crippen LogP contribution in [0.15, 0.2) is 40.9 Å². The maximum atomic E-state index is 12.6. The highest BCUT2D eigenvalue weighted by Gasteiger charge is 2.27. The molecule has 2 amide bonds. The number of benzene rings is 1. The van der Waals surface area contributed by atoms with Gasteiger partial charge in [0.1, 0.15) is 5.69 Å². The van der Waals surface area contributed by atoms with Crippen molar-refractivity contribution < 1.29 is 19.5 Å². The van der Waals surface area contributed by atoms with Gasteiger partial charge in [-0.05, 0) is 37.1 Å². The SMILES string of the molecule is O=C(O)C=C[C@H](C[C@@H]1CCNC1=O)NC(=O)c1cc2cc(Br)ccc2[nH]1. The van der Waals surface area contributed by atoms with E-state index in [4.69, 9.17) is 5.11 Å². The fourth-order valence-electron chi connectivity index (χ4n) is 3.03. The first kappa shape index (κ1) is 18.2. The fraction of sp³-hybridized carbons (Fsp3) is 0.278. The normalized spacial score (nSPS) is 18.2. The molecule has 2 heterocycles. The molecule has 0 radical (unpaired) electrons. The third-order valence-electron chi connectivity index (χ3n) is 4.32. The van der Waals surface area contributed by atoms with Crippen LogP contribution in [0.5, 0.6) is 0 Å². The molecule has 3 rings (SSSR count). The molecule has 2 atom stereocenters. The van der Waals surface area contributed by atoms with Gasteiger partial charge in [-0.15, -0.1) is 0 Å². The second-order valence-electron chi connectivity index (χ2n) is 6.20. The van der Waals surface area contributed by atoms with Crippen molar-refractivity contribution >= 4 is 44.6 Å². The van der Waals surface area contributed by atoms with Crippen molar-refractivity contribution in [3.05, 3.63) is 46.6 Å². The number of halogens is 1. The number of hydrogen-bond acceptors (Lipinski definition) is 3. The van der Waals surface area contributed by atoms with Crippen LogP contribution in [0.1, 0.15) is 23.3 Å². The summed E-state index contributed by atoms with van der Waals surface area (Å²) < 4.78 is 0.908. The predicted molar refractivity (Wildman–Crippen MR) is 99.8 cm³/mol. The minimum absolute atomic E-state index is 0.0663. The van der Waals surface area contributed by atoms with E-state index >= 15 is 0 Å². The van der Waals surface area contributed by atoms with Gasteiger partial charge < -0.3 is 20.7 Å². The number of hydrogen-bond donors (Lipinski definition) is 4. The quantitative estimate of drug-likeness (QED) is 0.537. The van der Waals surface area contributed by atoms with E-state index in [1.807, 2.05) is 18.2 Å². The van der Waals surface area contributed by atoms with Crippen molar-refractivity contribution in [1.82, 2.24) is 15.6 Å². The van der Waals surface area contributed by atoms with Gasteiger partial charge in [0.2, 0.25) is 5.91 Å². The Kier molecular flexibility index (Phi) is 5.41. The van der Waals surface area contributed by atoms with E-state index in [0.29, 0.717) is 25.1 Å². The fourth-order valence-corrected chi connectivity index (χ4v) is 3.41. The highest BCUT2D eigenvalue weighted by Crippen LogP contribution is 2.21. The topological polar surface area (TPSA) is 111 Å². The Bertz CT molecular complexity index is 890. The Morgan fingerprint density at radius 3 is 2.88 bits per heavy atom. The number of rotatable bonds is 6. The maximum absolute atomic E-state index is 12.6. The molecule has 1 aliphatic rings. The van der Waals surface area contributed by atoms with E-state index < -0.39 is 12.0 Å². The molecule has 1 fully saturated rings. The third-order valence-corrected chi connectivity index (χ3v) is 4.81. The van der Waals surface area contributed by atoms with Crippen LogP contribution in [0.25, 0.3) is 10.9 Å². The lowest BCUT2D eigenvalue weighted by atomic mass is 9.98. The van der Waals surface area contributed by atoms with Gasteiger partial charge in [-0.25, -0.2) is 4.79 Å². The average molecular weight is 420 g/mol. The van der Waals surface area contributed by atoms with Gasteiger partial charge in [0, 0.05) is 40.0 Å². The number of carbonyl (C=O) groups excluding carboxylic acids is 2. The summed E-state index contributed by atoms with van der Waals surface area (Å²) in [5.74, 6) is -1.76. The van der Waals surface area contributed by atoms with Crippen LogP contribution in [-0.2, 0) is 9.59 Å². The summed E-state index contributed by atoms with van der Waals surface area (Å²) in [5, 5.41) is 15.3. The number of carbonyl (C=O) groups is 3. The van der Waals surface area contributed by atoms with Crippen molar-refractivity contribution in [2.45, 2.75) is 18.9 Å². The highest BCUT2D eigenvalue weighted by atomic mass is 79.9. The van der Waals surface area contributed by atoms with Crippen molar-refractivity contribution in [3.8, 4) is 0 Å². The zero-order chi connectivity index (χ0) is 18.7. The molecule has 7 nitrogen and oxygen atoms in total. The largest absolute Gasteiger partial charge is 0.478 e. The second kappa shape index (κ2) is 7.74. The van der Waals surface area contributed by atoms with E-state index in [9.17, 15) is 14.4 Å². The number of aliphatic carboxylic acids is 1. The zero-order valence-electron chi connectivity index (χ0n) is 13.8. The van der Waals surface area contributed by atoms with Crippen molar-refractivity contribution in [2.75, 3.05) is 6.54 Å². The Hall–Kier alpha value is -2.61. The molecule has 8 heteroatoms. The molecule has 0 unspecified atom stereocenters. The summed E-state index contributed by atoms with van der Waals surface area (Å²) in [7, 11) is 0. The van der Waals surface area contributed by atoms with Gasteiger partial charge in [0.25, 0.3) is 5.91 Å². The Labute approximate surface area is 158 Å². The van der Waals surface area contributed by atoms with Gasteiger partial charge in [0.15, 0.2) is 0 Å². The van der Waals surface area contributed by atoms with E-state index in [1.54, 1.807) is 6.07 Å². The first-order chi connectivity index (χ1) is 12.4. The number of H-pyrrole nitrogens is 1. The molecule has 0 bridgehead atoms. The van der Waals surface area contributed by atoms with E-state index in [0.717, 1.165) is 21.5 Å². The van der Waals surface area contributed by atoms with E-state index in [-0.39, 0.29) is 17.7 Å². The van der Waals surface area contributed by atoms with Gasteiger partial charge in [-0.3, -0.25) is 9.59 Å². The number of aromatic nitrogens is 1. The molecular weight excluding hydrogens is 402 g/mol. The summed E-state index contributed by atoms with van der Waals surface area (Å²) in [6.45, 7) is 0.601. The smallest absolute Gasteiger partial charge is 0.328 e. The van der Waals surface area contributed by atoms with Gasteiger partial charge >= 0.3 is 5.97 Å². The minimum atomic E-state index is -1.10. The molecule has 1 aliphatic heterocycles. The molecule has 4 N–H and O–H groups in total. The summed E-state index contributed by atoms with van der Waals surface area (Å²) in [4.78, 5) is 38.2. The first-order valence-electron chi connectivity index (χ1n) is 8.20. The number of carboxylic acid groups (broad SMARTS) is 1. The lowest BCUT2D eigenvalue weighted by Gasteiger charge is -2.17. The minimum Gasteiger partial charge on any atom is -0.478 e. The lowest BCUT2D eigenvalue weighted by Crippen LogP contribution is -2.36. The average Bonchev–Trinajstić information content (AvgIpc) is 3.18. The van der Waals surface area contributed by atoms with Crippen molar-refractivity contribution in [2.24, 2.45) is 5.92 Å². The van der Waals surface area contributed by atoms with Gasteiger partial charge in [-0.1, -0.05) is 22.0 Å². The third kappa shape index (κ3) is 4.32. The molecule has 1 aromatic carbocycles. The molecule has 2 aromatic rings. The van der Waals surface area contributed by atoms with Gasteiger partial charge in [-0.2, -0.15) is 0 Å². The Morgan fingerprint density at radius 1 is 1.38 bits per heavy atom. The standard InChI is InChI=1S/C18H18BrN3O4/c19-12-1-3-14-11(7-12)9-15(22-14)18(26)21-13(2-4-16(23)24)8-10-5-6-20-17(10)25/h1-4,7,9-10,13,22H,5-6,8H2,(H,20,25)(H,21,26)(H,23,24)/t10-,13+/m0/s1. The van der Waals surface area contributed by atoms with E-state index in [1.165, 1.54) is 6.08 Å². The number of aromatic amines is 1. The molecule has 1 aromatic heterocycles. The molecule has 26 heavy (non-hydrogen) atoms. The Morgan fingerprint density at radius 2 is 2.19 bits per heavy atom. The second-order valence-corrected chi connectivity index (χ2v) is 7.12. The monoisotopic (exact) mass is 419 g/mol. The number of amides is 2. The van der Waals surface area contributed by atoms with Crippen LogP contribution in [0.4, 0.5) is 0 Å². The maximum Gasteiger partial charge on any atom is 0.328 e. The molecule has 0 spiro atoms. The van der Waals surface area contributed by atoms with Crippen molar-refractivity contribution in [1.29, 1.82) is 0 Å². The van der Waals surface area contributed by atoms with Crippen LogP contribution < -0.4 is 10.6 Å². The van der Waals surface area contributed by atoms with E-state index in [2.05, 4.69) is 31.5 Å². The number of nitrogens with one attached hydrogen (secondary N) is 3. The highest BCUT2D eigenvalue weighted by molar-refractivity contribution is 9.10. The predicted octanol–water partition coefficient (Wildman–Crippen LogP) is 2.20.